The minimum absolute atomic E-state index is 0.00380. The third-order valence-corrected chi connectivity index (χ3v) is 3.62. The van der Waals surface area contributed by atoms with Gasteiger partial charge in [-0.2, -0.15) is 0 Å². The van der Waals surface area contributed by atoms with E-state index in [1.807, 2.05) is 0 Å². The number of hydrogen-bond acceptors (Lipinski definition) is 4. The summed E-state index contributed by atoms with van der Waals surface area (Å²) in [4.78, 5) is 21.8. The van der Waals surface area contributed by atoms with Crippen LogP contribution < -0.4 is 0 Å². The van der Waals surface area contributed by atoms with Crippen molar-refractivity contribution in [3.05, 3.63) is 0 Å². The highest BCUT2D eigenvalue weighted by Gasteiger charge is 2.12. The largest absolute Gasteiger partial charge is 0.508 e. The van der Waals surface area contributed by atoms with Crippen LogP contribution in [-0.2, 0) is 14.3 Å². The van der Waals surface area contributed by atoms with Crippen molar-refractivity contribution in [2.45, 2.75) is 78.1 Å². The summed E-state index contributed by atoms with van der Waals surface area (Å²) in [6.45, 7) is 4.86. The van der Waals surface area contributed by atoms with Crippen LogP contribution in [0, 0.1) is 5.92 Å². The van der Waals surface area contributed by atoms with E-state index in [1.165, 1.54) is 25.7 Å². The average molecular weight is 316 g/mol. The second-order valence-electron chi connectivity index (χ2n) is 5.76. The maximum absolute atomic E-state index is 11.5. The fraction of sp³-hybridized carbons (Fsp3) is 0.882. The van der Waals surface area contributed by atoms with E-state index in [4.69, 9.17) is 14.6 Å². The quantitative estimate of drug-likeness (QED) is 0.369. The molecule has 0 aromatic rings. The lowest BCUT2D eigenvalue weighted by Gasteiger charge is -2.16. The lowest BCUT2D eigenvalue weighted by Crippen LogP contribution is -2.16. The van der Waals surface area contributed by atoms with Gasteiger partial charge in [0.25, 0.3) is 0 Å². The summed E-state index contributed by atoms with van der Waals surface area (Å²) in [5.41, 5.74) is 0. The van der Waals surface area contributed by atoms with E-state index in [9.17, 15) is 9.59 Å². The Bertz CT molecular complexity index is 291. The second-order valence-corrected chi connectivity index (χ2v) is 5.76. The Balaban J connectivity index is 3.83. The van der Waals surface area contributed by atoms with Crippen molar-refractivity contribution in [3.8, 4) is 0 Å². The molecule has 130 valence electrons. The van der Waals surface area contributed by atoms with E-state index in [0.717, 1.165) is 25.7 Å². The molecule has 0 saturated heterocycles. The third-order valence-electron chi connectivity index (χ3n) is 3.62. The number of ether oxygens (including phenoxy) is 2. The smallest absolute Gasteiger partial charge is 0.481 e. The highest BCUT2D eigenvalue weighted by atomic mass is 16.7. The number of carbonyl (C=O) groups is 2. The Morgan fingerprint density at radius 3 is 2.23 bits per heavy atom. The first-order valence-corrected chi connectivity index (χ1v) is 8.61. The number of carboxylic acid groups (broad SMARTS) is 1. The maximum atomic E-state index is 11.5. The van der Waals surface area contributed by atoms with Crippen LogP contribution >= 0.6 is 0 Å². The van der Waals surface area contributed by atoms with Gasteiger partial charge in [-0.3, -0.25) is 4.79 Å². The molecule has 0 aromatic carbocycles. The zero-order valence-electron chi connectivity index (χ0n) is 14.1. The normalized spacial score (nSPS) is 11.9. The van der Waals surface area contributed by atoms with Crippen LogP contribution in [-0.4, -0.2) is 30.4 Å². The number of hydrogen-bond donors (Lipinski definition) is 1. The summed E-state index contributed by atoms with van der Waals surface area (Å²) in [6.07, 6.45) is 9.00. The minimum atomic E-state index is -0.885. The highest BCUT2D eigenvalue weighted by Crippen LogP contribution is 2.18. The molecule has 0 aliphatic rings. The third kappa shape index (κ3) is 13.7. The number of carboxylic acids is 1. The van der Waals surface area contributed by atoms with Crippen molar-refractivity contribution in [1.82, 2.24) is 0 Å². The van der Waals surface area contributed by atoms with E-state index in [0.29, 0.717) is 18.9 Å². The second kappa shape index (κ2) is 14.7. The van der Waals surface area contributed by atoms with Gasteiger partial charge in [-0.05, 0) is 25.2 Å². The van der Waals surface area contributed by atoms with Gasteiger partial charge < -0.3 is 14.6 Å². The zero-order valence-corrected chi connectivity index (χ0v) is 14.1. The van der Waals surface area contributed by atoms with Gasteiger partial charge in [0, 0.05) is 6.42 Å². The van der Waals surface area contributed by atoms with Gasteiger partial charge in [-0.25, -0.2) is 4.79 Å². The number of aliphatic carboxylic acids is 1. The summed E-state index contributed by atoms with van der Waals surface area (Å²) in [5.74, 6) is -0.480. The zero-order chi connectivity index (χ0) is 16.6. The number of carbonyl (C=O) groups excluding carboxylic acids is 1. The van der Waals surface area contributed by atoms with Crippen LogP contribution in [0.1, 0.15) is 78.1 Å². The Kier molecular flexibility index (Phi) is 13.8. The van der Waals surface area contributed by atoms with Crippen LogP contribution in [0.25, 0.3) is 0 Å². The first kappa shape index (κ1) is 20.7. The first-order chi connectivity index (χ1) is 10.6. The monoisotopic (exact) mass is 316 g/mol. The van der Waals surface area contributed by atoms with E-state index in [-0.39, 0.29) is 13.0 Å². The topological polar surface area (TPSA) is 72.8 Å². The Morgan fingerprint density at radius 1 is 0.909 bits per heavy atom. The summed E-state index contributed by atoms with van der Waals surface area (Å²) in [6, 6.07) is 0. The molecule has 22 heavy (non-hydrogen) atoms. The van der Waals surface area contributed by atoms with Gasteiger partial charge in [-0.1, -0.05) is 52.4 Å². The molecule has 5 nitrogen and oxygen atoms in total. The highest BCUT2D eigenvalue weighted by molar-refractivity contribution is 5.66. The summed E-state index contributed by atoms with van der Waals surface area (Å²) in [7, 11) is 0. The van der Waals surface area contributed by atoms with Crippen molar-refractivity contribution in [3.63, 3.8) is 0 Å². The van der Waals surface area contributed by atoms with E-state index in [1.54, 1.807) is 0 Å². The van der Waals surface area contributed by atoms with Crippen molar-refractivity contribution < 1.29 is 24.2 Å². The molecule has 0 fully saturated rings. The van der Waals surface area contributed by atoms with Gasteiger partial charge in [0.05, 0.1) is 13.2 Å². The van der Waals surface area contributed by atoms with E-state index < -0.39 is 12.1 Å². The molecule has 1 atom stereocenters. The molecule has 5 heteroatoms. The van der Waals surface area contributed by atoms with Gasteiger partial charge in [0.15, 0.2) is 0 Å². The molecule has 0 rings (SSSR count). The SMILES string of the molecule is CCCCCCC(CCCC)COC(=O)OCCCC(=O)O. The molecule has 0 aromatic heterocycles. The Morgan fingerprint density at radius 2 is 1.59 bits per heavy atom. The van der Waals surface area contributed by atoms with Crippen molar-refractivity contribution in [1.29, 1.82) is 0 Å². The van der Waals surface area contributed by atoms with E-state index >= 15 is 0 Å². The Labute approximate surface area is 134 Å². The molecular formula is C17H32O5. The summed E-state index contributed by atoms with van der Waals surface area (Å²) in [5, 5.41) is 8.49. The lowest BCUT2D eigenvalue weighted by atomic mass is 9.96. The molecule has 0 bridgehead atoms. The minimum Gasteiger partial charge on any atom is -0.481 e. The van der Waals surface area contributed by atoms with Crippen molar-refractivity contribution >= 4 is 12.1 Å². The fourth-order valence-electron chi connectivity index (χ4n) is 2.27. The van der Waals surface area contributed by atoms with Gasteiger partial charge in [-0.15, -0.1) is 0 Å². The summed E-state index contributed by atoms with van der Waals surface area (Å²) < 4.78 is 10.0. The molecule has 1 unspecified atom stereocenters. The van der Waals surface area contributed by atoms with Crippen LogP contribution in [0.15, 0.2) is 0 Å². The standard InChI is InChI=1S/C17H32O5/c1-3-5-7-8-11-15(10-6-4-2)14-22-17(20)21-13-9-12-16(18)19/h15H,3-14H2,1-2H3,(H,18,19). The van der Waals surface area contributed by atoms with Gasteiger partial charge in [0.2, 0.25) is 0 Å². The molecule has 0 aliphatic carbocycles. The summed E-state index contributed by atoms with van der Waals surface area (Å²) >= 11 is 0. The van der Waals surface area contributed by atoms with Crippen molar-refractivity contribution in [2.75, 3.05) is 13.2 Å². The van der Waals surface area contributed by atoms with Crippen molar-refractivity contribution in [2.24, 2.45) is 5.92 Å². The molecule has 0 aliphatic heterocycles. The number of unbranched alkanes of at least 4 members (excludes halogenated alkanes) is 4. The predicted octanol–water partition coefficient (Wildman–Crippen LogP) is 4.78. The lowest BCUT2D eigenvalue weighted by molar-refractivity contribution is -0.137. The molecule has 1 N–H and O–H groups in total. The fourth-order valence-corrected chi connectivity index (χ4v) is 2.27. The van der Waals surface area contributed by atoms with Crippen LogP contribution in [0.5, 0.6) is 0 Å². The predicted molar refractivity (Wildman–Crippen MR) is 85.9 cm³/mol. The van der Waals surface area contributed by atoms with Gasteiger partial charge >= 0.3 is 12.1 Å². The molecule has 0 radical (unpaired) electrons. The maximum Gasteiger partial charge on any atom is 0.508 e. The number of rotatable bonds is 14. The average Bonchev–Trinajstić information content (AvgIpc) is 2.49. The molecule has 0 heterocycles. The van der Waals surface area contributed by atoms with Crippen LogP contribution in [0.3, 0.4) is 0 Å². The molecule has 0 amide bonds. The van der Waals surface area contributed by atoms with E-state index in [2.05, 4.69) is 13.8 Å². The molecular weight excluding hydrogens is 284 g/mol. The van der Waals surface area contributed by atoms with Crippen LogP contribution in [0.2, 0.25) is 0 Å². The first-order valence-electron chi connectivity index (χ1n) is 8.61. The molecule has 0 spiro atoms. The van der Waals surface area contributed by atoms with Gasteiger partial charge in [0.1, 0.15) is 0 Å². The Hall–Kier alpha value is -1.26. The molecule has 0 saturated carbocycles. The van der Waals surface area contributed by atoms with Crippen LogP contribution in [0.4, 0.5) is 4.79 Å².